The third-order valence-electron chi connectivity index (χ3n) is 10.7. The lowest BCUT2D eigenvalue weighted by atomic mass is 9.93. The molecule has 12 nitrogen and oxygen atoms in total. The number of anilines is 1. The number of benzene rings is 1. The number of nitrogens with zero attached hydrogens (tertiary/aromatic N) is 3. The van der Waals surface area contributed by atoms with Crippen molar-refractivity contribution < 1.29 is 27.5 Å². The molecule has 274 valence electrons. The number of rotatable bonds is 7. The van der Waals surface area contributed by atoms with E-state index in [1.165, 1.54) is 11.3 Å². The molecular formula is C37H48N6O6S2. The smallest absolute Gasteiger partial charge is 0.259 e. The van der Waals surface area contributed by atoms with Crippen molar-refractivity contribution in [3.05, 3.63) is 47.6 Å². The van der Waals surface area contributed by atoms with Crippen LogP contribution in [0.5, 0.6) is 5.88 Å². The third-order valence-corrected chi connectivity index (χ3v) is 13.3. The van der Waals surface area contributed by atoms with Crippen molar-refractivity contribution in [2.45, 2.75) is 126 Å². The Balaban J connectivity index is 1.19. The second-order valence-electron chi connectivity index (χ2n) is 15.7. The lowest BCUT2D eigenvalue weighted by Crippen LogP contribution is -2.57. The van der Waals surface area contributed by atoms with Crippen molar-refractivity contribution in [3.8, 4) is 5.88 Å². The summed E-state index contributed by atoms with van der Waals surface area (Å²) in [6.45, 7) is 6.43. The van der Waals surface area contributed by atoms with Crippen molar-refractivity contribution in [2.75, 3.05) is 11.9 Å². The van der Waals surface area contributed by atoms with Gasteiger partial charge in [-0.25, -0.2) is 18.4 Å². The zero-order chi connectivity index (χ0) is 36.0. The van der Waals surface area contributed by atoms with E-state index in [1.807, 2.05) is 35.7 Å². The van der Waals surface area contributed by atoms with E-state index < -0.39 is 50.8 Å². The minimum Gasteiger partial charge on any atom is -0.472 e. The monoisotopic (exact) mass is 736 g/mol. The van der Waals surface area contributed by atoms with Gasteiger partial charge in [0.05, 0.1) is 17.5 Å². The fourth-order valence-electron chi connectivity index (χ4n) is 7.43. The van der Waals surface area contributed by atoms with E-state index in [0.717, 1.165) is 48.6 Å². The summed E-state index contributed by atoms with van der Waals surface area (Å²) in [5.41, 5.74) is -0.562. The molecule has 7 rings (SSSR count). The summed E-state index contributed by atoms with van der Waals surface area (Å²) >= 11 is 1.46. The number of nitrogens with one attached hydrogen (secondary N) is 3. The fraction of sp³-hybridized carbons (Fsp3) is 0.595. The molecule has 3 amide bonds. The summed E-state index contributed by atoms with van der Waals surface area (Å²) in [5, 5.41) is 10.3. The molecule has 4 heterocycles. The number of hydrogen-bond acceptors (Lipinski definition) is 10. The number of ether oxygens (including phenoxy) is 1. The van der Waals surface area contributed by atoms with Crippen molar-refractivity contribution in [2.24, 2.45) is 5.92 Å². The van der Waals surface area contributed by atoms with E-state index in [1.54, 1.807) is 11.1 Å². The predicted octanol–water partition coefficient (Wildman–Crippen LogP) is 5.05. The van der Waals surface area contributed by atoms with Gasteiger partial charge >= 0.3 is 0 Å². The van der Waals surface area contributed by atoms with Crippen molar-refractivity contribution in [1.82, 2.24) is 24.9 Å². The number of aromatic nitrogens is 2. The highest BCUT2D eigenvalue weighted by Crippen LogP contribution is 2.48. The van der Waals surface area contributed by atoms with Gasteiger partial charge in [0, 0.05) is 28.8 Å². The summed E-state index contributed by atoms with van der Waals surface area (Å²) in [6.07, 6.45) is 8.52. The number of thiazole rings is 1. The zero-order valence-corrected chi connectivity index (χ0v) is 31.2. The van der Waals surface area contributed by atoms with E-state index in [2.05, 4.69) is 41.1 Å². The molecule has 4 aliphatic rings. The molecular weight excluding hydrogens is 689 g/mol. The summed E-state index contributed by atoms with van der Waals surface area (Å²) in [4.78, 5) is 53.6. The summed E-state index contributed by atoms with van der Waals surface area (Å²) in [7, 11) is -3.82. The Kier molecular flexibility index (Phi) is 9.76. The molecule has 5 atom stereocenters. The first-order valence-corrected chi connectivity index (χ1v) is 20.7. The van der Waals surface area contributed by atoms with Crippen LogP contribution in [-0.2, 0) is 29.8 Å². The van der Waals surface area contributed by atoms with Crippen LogP contribution in [0.25, 0.3) is 10.8 Å². The summed E-state index contributed by atoms with van der Waals surface area (Å²) in [5.74, 6) is -1.17. The van der Waals surface area contributed by atoms with Crippen molar-refractivity contribution in [1.29, 1.82) is 0 Å². The van der Waals surface area contributed by atoms with Gasteiger partial charge in [0.25, 0.3) is 5.91 Å². The molecule has 3 N–H and O–H groups in total. The van der Waals surface area contributed by atoms with E-state index >= 15 is 0 Å². The van der Waals surface area contributed by atoms with Gasteiger partial charge < -0.3 is 20.3 Å². The van der Waals surface area contributed by atoms with Crippen LogP contribution in [0.3, 0.4) is 0 Å². The third kappa shape index (κ3) is 7.72. The lowest BCUT2D eigenvalue weighted by Gasteiger charge is -2.30. The maximum absolute atomic E-state index is 14.6. The number of sulfonamides is 1. The lowest BCUT2D eigenvalue weighted by molar-refractivity contribution is -0.140. The largest absolute Gasteiger partial charge is 0.472 e. The Morgan fingerprint density at radius 1 is 1.04 bits per heavy atom. The molecule has 51 heavy (non-hydrogen) atoms. The highest BCUT2D eigenvalue weighted by Gasteiger charge is 2.62. The normalized spacial score (nSPS) is 27.8. The Labute approximate surface area is 303 Å². The van der Waals surface area contributed by atoms with Gasteiger partial charge in [0.2, 0.25) is 27.7 Å². The molecule has 0 radical (unpaired) electrons. The van der Waals surface area contributed by atoms with Gasteiger partial charge in [-0.2, -0.15) is 0 Å². The van der Waals surface area contributed by atoms with E-state index in [-0.39, 0.29) is 30.2 Å². The molecule has 3 aromatic rings. The quantitative estimate of drug-likeness (QED) is 0.302. The second kappa shape index (κ2) is 14.0. The maximum Gasteiger partial charge on any atom is 0.259 e. The maximum atomic E-state index is 14.6. The number of fused-ring (bicyclic) bond motifs is 3. The Bertz CT molecular complexity index is 1900. The van der Waals surface area contributed by atoms with Gasteiger partial charge in [-0.3, -0.25) is 19.1 Å². The van der Waals surface area contributed by atoms with Crippen LogP contribution in [0.4, 0.5) is 5.13 Å². The number of carbonyl (C=O) groups excluding carboxylic acids is 3. The minimum atomic E-state index is -3.82. The van der Waals surface area contributed by atoms with Gasteiger partial charge in [-0.1, -0.05) is 71.1 Å². The number of pyridine rings is 1. The summed E-state index contributed by atoms with van der Waals surface area (Å²) < 4.78 is 34.4. The molecule has 1 aromatic carbocycles. The molecule has 2 aliphatic carbocycles. The highest BCUT2D eigenvalue weighted by atomic mass is 32.2. The van der Waals surface area contributed by atoms with E-state index in [0.29, 0.717) is 43.1 Å². The van der Waals surface area contributed by atoms with Gasteiger partial charge in [-0.15, -0.1) is 11.3 Å². The van der Waals surface area contributed by atoms with Gasteiger partial charge in [0.1, 0.15) is 23.7 Å². The first kappa shape index (κ1) is 35.6. The molecule has 0 spiro atoms. The molecule has 2 aliphatic heterocycles. The molecule has 2 saturated carbocycles. The van der Waals surface area contributed by atoms with Gasteiger partial charge in [-0.05, 0) is 55.5 Å². The van der Waals surface area contributed by atoms with Crippen LogP contribution < -0.4 is 20.1 Å². The first-order chi connectivity index (χ1) is 24.3. The molecule has 2 saturated heterocycles. The second-order valence-corrected chi connectivity index (χ2v) is 18.5. The topological polar surface area (TPSA) is 160 Å². The Morgan fingerprint density at radius 3 is 2.53 bits per heavy atom. The van der Waals surface area contributed by atoms with Crippen LogP contribution >= 0.6 is 11.3 Å². The van der Waals surface area contributed by atoms with Crippen LogP contribution in [0.15, 0.2) is 41.9 Å². The van der Waals surface area contributed by atoms with Crippen molar-refractivity contribution >= 4 is 55.0 Å². The van der Waals surface area contributed by atoms with Gasteiger partial charge in [0.15, 0.2) is 5.13 Å². The molecule has 4 fully saturated rings. The van der Waals surface area contributed by atoms with E-state index in [4.69, 9.17) is 9.72 Å². The molecule has 14 heteroatoms. The number of hydrogen-bond donors (Lipinski definition) is 3. The summed E-state index contributed by atoms with van der Waals surface area (Å²) in [6, 6.07) is 8.07. The SMILES string of the molecule is CC(C)(C)c1csc(N[C@H]2CCCCCCC[C@@H]3C[C@@]3(C(=O)NS(=O)(=O)C3CC3)NC(=O)[C@@H]3C[C@@H](Oc4nccc5ccccc45)CN3C2=O)n1. The van der Waals surface area contributed by atoms with Crippen LogP contribution in [0.1, 0.15) is 97.1 Å². The van der Waals surface area contributed by atoms with E-state index in [9.17, 15) is 22.8 Å². The molecule has 0 unspecified atom stereocenters. The first-order valence-electron chi connectivity index (χ1n) is 18.3. The average molecular weight is 737 g/mol. The predicted molar refractivity (Wildman–Crippen MR) is 196 cm³/mol. The van der Waals surface area contributed by atoms with Crippen LogP contribution in [-0.4, -0.2) is 76.5 Å². The number of amides is 3. The highest BCUT2D eigenvalue weighted by molar-refractivity contribution is 7.91. The number of carbonyl (C=O) groups is 3. The standard InChI is InChI=1S/C37H48N6O6S2/c1-36(2,3)30-22-50-35(40-30)39-28-14-8-6-4-5-7-12-24-20-37(24,34(46)42-51(47,48)26-15-16-26)41-31(44)29-19-25(21-43(29)33(28)45)49-32-27-13-10-9-11-23(27)17-18-38-32/h9-11,13,17-18,22,24-26,28-29H,4-8,12,14-16,19-21H2,1-3H3,(H,39,40)(H,41,44)(H,42,46)/t24-,25-,28+,29+,37-/m1/s1. The van der Waals surface area contributed by atoms with Crippen molar-refractivity contribution in [3.63, 3.8) is 0 Å². The Morgan fingerprint density at radius 2 is 1.78 bits per heavy atom. The molecule has 2 aromatic heterocycles. The van der Waals surface area contributed by atoms with Crippen LogP contribution in [0.2, 0.25) is 0 Å². The average Bonchev–Trinajstić information content (AvgIpc) is 3.97. The molecule has 0 bridgehead atoms. The Hall–Kier alpha value is -3.78. The fourth-order valence-corrected chi connectivity index (χ4v) is 9.79. The minimum absolute atomic E-state index is 0.143. The zero-order valence-electron chi connectivity index (χ0n) is 29.5. The van der Waals surface area contributed by atoms with Crippen LogP contribution in [0, 0.1) is 5.92 Å².